The number of hydrogen-bond donors (Lipinski definition) is 0. The van der Waals surface area contributed by atoms with Crippen molar-refractivity contribution < 1.29 is 4.57 Å². The van der Waals surface area contributed by atoms with Crippen molar-refractivity contribution in [2.24, 2.45) is 0 Å². The van der Waals surface area contributed by atoms with Crippen molar-refractivity contribution >= 4 is 0 Å². The quantitative estimate of drug-likeness (QED) is 0.299. The van der Waals surface area contributed by atoms with Gasteiger partial charge in [-0.2, -0.15) is 0 Å². The highest BCUT2D eigenvalue weighted by atomic mass is 15.0. The Bertz CT molecular complexity index is 320. The molecule has 1 heteroatoms. The van der Waals surface area contributed by atoms with Crippen LogP contribution in [0.2, 0.25) is 0 Å². The van der Waals surface area contributed by atoms with Crippen molar-refractivity contribution in [1.29, 1.82) is 0 Å². The molecule has 120 valence electrons. The zero-order valence-electron chi connectivity index (χ0n) is 14.4. The zero-order chi connectivity index (χ0) is 15.2. The highest BCUT2D eigenvalue weighted by Gasteiger charge is 2.16. The van der Waals surface area contributed by atoms with E-state index in [2.05, 4.69) is 49.0 Å². The fourth-order valence-electron chi connectivity index (χ4n) is 3.06. The highest BCUT2D eigenvalue weighted by molar-refractivity contribution is 4.84. The third-order valence-corrected chi connectivity index (χ3v) is 4.44. The zero-order valence-corrected chi connectivity index (χ0v) is 14.4. The molecule has 1 aromatic heterocycles. The van der Waals surface area contributed by atoms with Gasteiger partial charge in [-0.1, -0.05) is 71.3 Å². The maximum absolute atomic E-state index is 2.44. The maximum atomic E-state index is 2.44. The number of unbranched alkanes of at least 4 members (excludes halogenated alkanes) is 8. The van der Waals surface area contributed by atoms with Crippen LogP contribution in [0.5, 0.6) is 0 Å². The second-order valence-corrected chi connectivity index (χ2v) is 6.38. The van der Waals surface area contributed by atoms with E-state index in [1.165, 1.54) is 77.0 Å². The van der Waals surface area contributed by atoms with E-state index in [0.717, 1.165) is 0 Å². The number of aromatic nitrogens is 1. The van der Waals surface area contributed by atoms with Gasteiger partial charge in [-0.15, -0.1) is 0 Å². The lowest BCUT2D eigenvalue weighted by molar-refractivity contribution is -0.724. The molecule has 1 heterocycles. The molecule has 0 amide bonds. The van der Waals surface area contributed by atoms with Crippen molar-refractivity contribution in [3.8, 4) is 0 Å². The molecule has 0 aliphatic heterocycles. The molecule has 0 aliphatic rings. The number of rotatable bonds is 13. The van der Waals surface area contributed by atoms with E-state index in [4.69, 9.17) is 0 Å². The van der Waals surface area contributed by atoms with Gasteiger partial charge in [0.05, 0.1) is 0 Å². The van der Waals surface area contributed by atoms with Gasteiger partial charge in [-0.05, 0) is 12.8 Å². The monoisotopic (exact) mass is 290 g/mol. The predicted octanol–water partition coefficient (Wildman–Crippen LogP) is 6.24. The van der Waals surface area contributed by atoms with Crippen molar-refractivity contribution in [1.82, 2.24) is 0 Å². The Kier molecular flexibility index (Phi) is 11.1. The van der Waals surface area contributed by atoms with Gasteiger partial charge in [-0.3, -0.25) is 0 Å². The summed E-state index contributed by atoms with van der Waals surface area (Å²) in [5, 5.41) is 0. The molecule has 1 aromatic rings. The van der Waals surface area contributed by atoms with Crippen LogP contribution in [0.3, 0.4) is 0 Å². The second-order valence-electron chi connectivity index (χ2n) is 6.38. The van der Waals surface area contributed by atoms with Crippen LogP contribution in [0, 0.1) is 0 Å². The van der Waals surface area contributed by atoms with Gasteiger partial charge in [0, 0.05) is 25.0 Å². The minimum atomic E-state index is 0.717. The van der Waals surface area contributed by atoms with Crippen molar-refractivity contribution in [3.63, 3.8) is 0 Å². The largest absolute Gasteiger partial charge is 0.202 e. The first-order valence-electron chi connectivity index (χ1n) is 9.34. The van der Waals surface area contributed by atoms with Crippen LogP contribution in [0.4, 0.5) is 0 Å². The Labute approximate surface area is 132 Å². The highest BCUT2D eigenvalue weighted by Crippen LogP contribution is 2.18. The Morgan fingerprint density at radius 1 is 0.619 bits per heavy atom. The molecule has 0 fully saturated rings. The van der Waals surface area contributed by atoms with E-state index in [9.17, 15) is 0 Å². The van der Waals surface area contributed by atoms with Crippen LogP contribution in [0.1, 0.15) is 96.9 Å². The van der Waals surface area contributed by atoms with Crippen molar-refractivity contribution in [3.05, 3.63) is 30.6 Å². The Morgan fingerprint density at radius 3 is 1.67 bits per heavy atom. The Morgan fingerprint density at radius 2 is 1.10 bits per heavy atom. The minimum Gasteiger partial charge on any atom is -0.202 e. The van der Waals surface area contributed by atoms with Crippen LogP contribution >= 0.6 is 0 Å². The molecular weight excluding hydrogens is 254 g/mol. The number of pyridine rings is 1. The summed E-state index contributed by atoms with van der Waals surface area (Å²) in [6.45, 7) is 4.58. The van der Waals surface area contributed by atoms with Crippen LogP contribution < -0.4 is 4.57 Å². The molecule has 0 saturated carbocycles. The van der Waals surface area contributed by atoms with Gasteiger partial charge < -0.3 is 0 Å². The van der Waals surface area contributed by atoms with Gasteiger partial charge in [0.15, 0.2) is 18.4 Å². The molecule has 0 bridgehead atoms. The van der Waals surface area contributed by atoms with Gasteiger partial charge in [0.25, 0.3) is 0 Å². The minimum absolute atomic E-state index is 0.717. The summed E-state index contributed by atoms with van der Waals surface area (Å²) < 4.78 is 2.44. The van der Waals surface area contributed by atoms with E-state index in [-0.39, 0.29) is 0 Å². The molecule has 1 atom stereocenters. The van der Waals surface area contributed by atoms with E-state index < -0.39 is 0 Å². The first kappa shape index (κ1) is 18.2. The lowest BCUT2D eigenvalue weighted by Gasteiger charge is -2.12. The molecule has 1 unspecified atom stereocenters. The number of hydrogen-bond acceptors (Lipinski definition) is 0. The SMILES string of the molecule is CCCCCCCCC(CCCCCC)[n+]1ccccc1. The van der Waals surface area contributed by atoms with Crippen LogP contribution in [-0.2, 0) is 0 Å². The first-order valence-corrected chi connectivity index (χ1v) is 9.34. The second kappa shape index (κ2) is 12.9. The molecule has 1 nitrogen and oxygen atoms in total. The van der Waals surface area contributed by atoms with Gasteiger partial charge >= 0.3 is 0 Å². The van der Waals surface area contributed by atoms with Crippen LogP contribution in [-0.4, -0.2) is 0 Å². The average Bonchev–Trinajstić information content (AvgIpc) is 2.53. The summed E-state index contributed by atoms with van der Waals surface area (Å²) in [5.41, 5.74) is 0. The van der Waals surface area contributed by atoms with Gasteiger partial charge in [0.2, 0.25) is 0 Å². The Balaban J connectivity index is 2.30. The van der Waals surface area contributed by atoms with Gasteiger partial charge in [-0.25, -0.2) is 4.57 Å². The lowest BCUT2D eigenvalue weighted by Crippen LogP contribution is -2.38. The summed E-state index contributed by atoms with van der Waals surface area (Å²) in [4.78, 5) is 0. The maximum Gasteiger partial charge on any atom is 0.169 e. The third kappa shape index (κ3) is 8.90. The van der Waals surface area contributed by atoms with Crippen LogP contribution in [0.25, 0.3) is 0 Å². The molecule has 0 saturated heterocycles. The fourth-order valence-corrected chi connectivity index (χ4v) is 3.06. The van der Waals surface area contributed by atoms with E-state index in [1.807, 2.05) is 0 Å². The van der Waals surface area contributed by atoms with Crippen molar-refractivity contribution in [2.75, 3.05) is 0 Å². The summed E-state index contributed by atoms with van der Waals surface area (Å²) in [5.74, 6) is 0. The molecule has 0 radical (unpaired) electrons. The average molecular weight is 291 g/mol. The molecule has 0 aromatic carbocycles. The van der Waals surface area contributed by atoms with Gasteiger partial charge in [0.1, 0.15) is 0 Å². The fraction of sp³-hybridized carbons (Fsp3) is 0.750. The third-order valence-electron chi connectivity index (χ3n) is 4.44. The molecule has 0 spiro atoms. The standard InChI is InChI=1S/C20H36N/c1-3-5-7-9-10-13-17-20(16-12-8-6-4-2)21-18-14-11-15-19-21/h11,14-15,18-20H,3-10,12-13,16-17H2,1-2H3/q+1. The lowest BCUT2D eigenvalue weighted by atomic mass is 10.00. The Hall–Kier alpha value is -0.850. The molecular formula is C20H36N+. The number of nitrogens with zero attached hydrogens (tertiary/aromatic N) is 1. The normalized spacial score (nSPS) is 12.5. The molecule has 1 rings (SSSR count). The molecule has 0 aliphatic carbocycles. The molecule has 21 heavy (non-hydrogen) atoms. The van der Waals surface area contributed by atoms with Crippen LogP contribution in [0.15, 0.2) is 30.6 Å². The smallest absolute Gasteiger partial charge is 0.169 e. The first-order chi connectivity index (χ1) is 10.4. The molecule has 0 N–H and O–H groups in total. The summed E-state index contributed by atoms with van der Waals surface area (Å²) in [6.07, 6.45) is 21.1. The summed E-state index contributed by atoms with van der Waals surface area (Å²) in [7, 11) is 0. The van der Waals surface area contributed by atoms with E-state index in [1.54, 1.807) is 0 Å². The topological polar surface area (TPSA) is 3.88 Å². The summed E-state index contributed by atoms with van der Waals surface area (Å²) in [6, 6.07) is 7.17. The van der Waals surface area contributed by atoms with E-state index in [0.29, 0.717) is 6.04 Å². The predicted molar refractivity (Wildman–Crippen MR) is 92.4 cm³/mol. The summed E-state index contributed by atoms with van der Waals surface area (Å²) >= 11 is 0. The van der Waals surface area contributed by atoms with Crippen molar-refractivity contribution in [2.45, 2.75) is 96.9 Å². The van der Waals surface area contributed by atoms with E-state index >= 15 is 0 Å².